The minimum Gasteiger partial charge on any atom is -0.466 e. The van der Waals surface area contributed by atoms with E-state index in [0.717, 1.165) is 19.3 Å². The lowest BCUT2D eigenvalue weighted by Gasteiger charge is -2.31. The largest absolute Gasteiger partial charge is 0.466 e. The molecule has 0 saturated heterocycles. The number of rotatable bonds is 15. The van der Waals surface area contributed by atoms with Crippen molar-refractivity contribution in [3.8, 4) is 0 Å². The van der Waals surface area contributed by atoms with Crippen molar-refractivity contribution in [2.24, 2.45) is 0 Å². The van der Waals surface area contributed by atoms with Crippen LogP contribution in [0.5, 0.6) is 0 Å². The van der Waals surface area contributed by atoms with Gasteiger partial charge in [0.15, 0.2) is 6.61 Å². The fourth-order valence-corrected chi connectivity index (χ4v) is 2.04. The third-order valence-corrected chi connectivity index (χ3v) is 3.84. The van der Waals surface area contributed by atoms with Crippen LogP contribution >= 0.6 is 0 Å². The van der Waals surface area contributed by atoms with E-state index in [9.17, 15) is 44.7 Å². The highest BCUT2D eigenvalue weighted by Gasteiger charge is 2.75. The first-order chi connectivity index (χ1) is 13.3. The molecule has 0 unspecified atom stereocenters. The number of carbonyl (C=O) groups is 2. The number of carbonyl (C=O) groups excluding carboxylic acids is 2. The van der Waals surface area contributed by atoms with Gasteiger partial charge in [-0.05, 0) is 19.3 Å². The number of alkyl halides is 8. The van der Waals surface area contributed by atoms with E-state index in [-0.39, 0.29) is 25.9 Å². The lowest BCUT2D eigenvalue weighted by Crippen LogP contribution is -2.59. The number of hydrogen-bond donors (Lipinski definition) is 0. The van der Waals surface area contributed by atoms with Crippen LogP contribution in [0, 0.1) is 0 Å². The molecule has 0 aromatic carbocycles. The summed E-state index contributed by atoms with van der Waals surface area (Å²) in [6.07, 6.45) is -1.97. The number of unbranched alkanes of at least 4 members (excludes halogenated alkanes) is 4. The van der Waals surface area contributed by atoms with Crippen molar-refractivity contribution in [2.75, 3.05) is 13.2 Å². The minimum atomic E-state index is -6.42. The number of esters is 2. The number of hydrogen-bond acceptors (Lipinski definition) is 4. The molecule has 0 rings (SSSR count). The second kappa shape index (κ2) is 12.2. The molecule has 0 aromatic rings. The fraction of sp³-hybridized carbons (Fsp3) is 0.882. The van der Waals surface area contributed by atoms with Gasteiger partial charge in [0.1, 0.15) is 0 Å². The van der Waals surface area contributed by atoms with Crippen molar-refractivity contribution in [1.29, 1.82) is 0 Å². The maximum atomic E-state index is 13.2. The summed E-state index contributed by atoms with van der Waals surface area (Å²) in [5.41, 5.74) is 0. The van der Waals surface area contributed by atoms with Gasteiger partial charge in [0.25, 0.3) is 0 Å². The Morgan fingerprint density at radius 3 is 1.79 bits per heavy atom. The van der Waals surface area contributed by atoms with Crippen molar-refractivity contribution >= 4 is 11.9 Å². The zero-order chi connectivity index (χ0) is 22.7. The van der Waals surface area contributed by atoms with E-state index in [1.807, 2.05) is 6.92 Å². The third kappa shape index (κ3) is 8.73. The summed E-state index contributed by atoms with van der Waals surface area (Å²) in [4.78, 5) is 22.6. The first-order valence-electron chi connectivity index (χ1n) is 9.02. The summed E-state index contributed by atoms with van der Waals surface area (Å²) < 4.78 is 110. The van der Waals surface area contributed by atoms with Crippen LogP contribution in [-0.2, 0) is 19.1 Å². The Kier molecular flexibility index (Phi) is 11.5. The normalized spacial score (nSPS) is 12.9. The van der Waals surface area contributed by atoms with E-state index in [2.05, 4.69) is 4.74 Å². The first kappa shape index (κ1) is 27.4. The van der Waals surface area contributed by atoms with Gasteiger partial charge in [0, 0.05) is 12.8 Å². The maximum Gasteiger partial charge on any atom is 0.381 e. The van der Waals surface area contributed by atoms with E-state index in [0.29, 0.717) is 6.42 Å². The summed E-state index contributed by atoms with van der Waals surface area (Å²) in [6, 6.07) is 0. The molecule has 29 heavy (non-hydrogen) atoms. The highest BCUT2D eigenvalue weighted by molar-refractivity contribution is 5.70. The molecule has 0 aliphatic carbocycles. The van der Waals surface area contributed by atoms with Gasteiger partial charge in [-0.25, -0.2) is 8.78 Å². The van der Waals surface area contributed by atoms with Crippen LogP contribution in [0.4, 0.5) is 35.1 Å². The molecule has 0 N–H and O–H groups in total. The van der Waals surface area contributed by atoms with Crippen LogP contribution in [0.25, 0.3) is 0 Å². The van der Waals surface area contributed by atoms with Gasteiger partial charge in [-0.15, -0.1) is 0 Å². The molecule has 0 bridgehead atoms. The van der Waals surface area contributed by atoms with Crippen LogP contribution < -0.4 is 0 Å². The van der Waals surface area contributed by atoms with Crippen LogP contribution in [0.1, 0.15) is 58.3 Å². The predicted molar refractivity (Wildman–Crippen MR) is 85.4 cm³/mol. The first-order valence-corrected chi connectivity index (χ1v) is 9.02. The standard InChI is InChI=1S/C17H24F8O4/c1-2-3-4-7-10-28-12(26)8-5-6-9-13(27)29-11-15(20,21)17(24,25)16(22,23)14(18)19/h14H,2-11H2,1H3. The summed E-state index contributed by atoms with van der Waals surface area (Å²) in [5, 5.41) is 0. The Morgan fingerprint density at radius 1 is 0.793 bits per heavy atom. The maximum absolute atomic E-state index is 13.2. The predicted octanol–water partition coefficient (Wildman–Crippen LogP) is 5.38. The molecule has 0 spiro atoms. The zero-order valence-corrected chi connectivity index (χ0v) is 15.8. The lowest BCUT2D eigenvalue weighted by molar-refractivity contribution is -0.344. The third-order valence-electron chi connectivity index (χ3n) is 3.84. The van der Waals surface area contributed by atoms with Crippen LogP contribution in [0.3, 0.4) is 0 Å². The SMILES string of the molecule is CCCCCCOC(=O)CCCCC(=O)OCC(F)(F)C(F)(F)C(F)(F)C(F)F. The molecule has 0 heterocycles. The molecule has 172 valence electrons. The summed E-state index contributed by atoms with van der Waals surface area (Å²) >= 11 is 0. The Morgan fingerprint density at radius 2 is 1.31 bits per heavy atom. The van der Waals surface area contributed by atoms with Crippen LogP contribution in [0.2, 0.25) is 0 Å². The van der Waals surface area contributed by atoms with E-state index < -0.39 is 49.2 Å². The van der Waals surface area contributed by atoms with Crippen molar-refractivity contribution < 1.29 is 54.2 Å². The van der Waals surface area contributed by atoms with Gasteiger partial charge < -0.3 is 9.47 Å². The second-order valence-corrected chi connectivity index (χ2v) is 6.35. The van der Waals surface area contributed by atoms with E-state index in [1.165, 1.54) is 0 Å². The zero-order valence-electron chi connectivity index (χ0n) is 15.8. The average molecular weight is 444 g/mol. The summed E-state index contributed by atoms with van der Waals surface area (Å²) in [7, 11) is 0. The topological polar surface area (TPSA) is 52.6 Å². The molecule has 0 atom stereocenters. The van der Waals surface area contributed by atoms with Crippen LogP contribution in [0.15, 0.2) is 0 Å². The lowest BCUT2D eigenvalue weighted by atomic mass is 10.1. The van der Waals surface area contributed by atoms with E-state index >= 15 is 0 Å². The smallest absolute Gasteiger partial charge is 0.381 e. The summed E-state index contributed by atoms with van der Waals surface area (Å²) in [5.74, 6) is -20.4. The number of halogens is 8. The quantitative estimate of drug-likeness (QED) is 0.193. The average Bonchev–Trinajstić information content (AvgIpc) is 2.63. The minimum absolute atomic E-state index is 0.0427. The number of ether oxygens (including phenoxy) is 2. The second-order valence-electron chi connectivity index (χ2n) is 6.35. The highest BCUT2D eigenvalue weighted by atomic mass is 19.4. The van der Waals surface area contributed by atoms with E-state index in [1.54, 1.807) is 0 Å². The molecule has 12 heteroatoms. The van der Waals surface area contributed by atoms with Crippen molar-refractivity contribution in [1.82, 2.24) is 0 Å². The van der Waals surface area contributed by atoms with Crippen molar-refractivity contribution in [2.45, 2.75) is 82.5 Å². The molecular formula is C17H24F8O4. The molecule has 0 aliphatic heterocycles. The van der Waals surface area contributed by atoms with Gasteiger partial charge in [-0.3, -0.25) is 9.59 Å². The van der Waals surface area contributed by atoms with Gasteiger partial charge in [0.2, 0.25) is 0 Å². The fourth-order valence-electron chi connectivity index (χ4n) is 2.04. The molecule has 0 fully saturated rings. The Hall–Kier alpha value is -1.62. The van der Waals surface area contributed by atoms with E-state index in [4.69, 9.17) is 4.74 Å². The Balaban J connectivity index is 4.19. The van der Waals surface area contributed by atoms with Gasteiger partial charge in [-0.2, -0.15) is 26.3 Å². The van der Waals surface area contributed by atoms with Crippen LogP contribution in [-0.4, -0.2) is 49.3 Å². The molecule has 0 saturated carbocycles. The monoisotopic (exact) mass is 444 g/mol. The molecule has 0 aliphatic rings. The molecular weight excluding hydrogens is 420 g/mol. The van der Waals surface area contributed by atoms with Gasteiger partial charge in [0.05, 0.1) is 6.61 Å². The highest BCUT2D eigenvalue weighted by Crippen LogP contribution is 2.48. The van der Waals surface area contributed by atoms with Crippen molar-refractivity contribution in [3.63, 3.8) is 0 Å². The Bertz CT molecular complexity index is 512. The van der Waals surface area contributed by atoms with Gasteiger partial charge >= 0.3 is 36.1 Å². The summed E-state index contributed by atoms with van der Waals surface area (Å²) in [6.45, 7) is -0.225. The molecule has 0 radical (unpaired) electrons. The molecule has 4 nitrogen and oxygen atoms in total. The van der Waals surface area contributed by atoms with Crippen molar-refractivity contribution in [3.05, 3.63) is 0 Å². The van der Waals surface area contributed by atoms with Gasteiger partial charge in [-0.1, -0.05) is 26.2 Å². The Labute approximate surface area is 162 Å². The molecule has 0 aromatic heterocycles. The molecule has 0 amide bonds.